The van der Waals surface area contributed by atoms with Gasteiger partial charge >= 0.3 is 0 Å². The lowest BCUT2D eigenvalue weighted by atomic mass is 9.84. The molecule has 4 rings (SSSR count). The number of unbranched alkanes of at least 4 members (excludes halogenated alkanes) is 2. The molecule has 0 bridgehead atoms. The summed E-state index contributed by atoms with van der Waals surface area (Å²) in [6.07, 6.45) is 9.07. The van der Waals surface area contributed by atoms with E-state index in [-0.39, 0.29) is 16.5 Å². The first-order valence-corrected chi connectivity index (χ1v) is 12.8. The molecule has 6 heteroatoms. The fraction of sp³-hybridized carbons (Fsp3) is 0.467. The van der Waals surface area contributed by atoms with E-state index in [2.05, 4.69) is 93.2 Å². The normalized spacial score (nSPS) is 16.7. The van der Waals surface area contributed by atoms with E-state index in [0.29, 0.717) is 28.9 Å². The number of hydrogen-bond donors (Lipinski definition) is 0. The molecular formula is C30H37N5O. The third kappa shape index (κ3) is 4.55. The molecule has 0 N–H and O–H groups in total. The van der Waals surface area contributed by atoms with E-state index in [1.54, 1.807) is 4.40 Å². The van der Waals surface area contributed by atoms with Crippen LogP contribution in [0.1, 0.15) is 82.8 Å². The van der Waals surface area contributed by atoms with Gasteiger partial charge in [0.25, 0.3) is 5.56 Å². The van der Waals surface area contributed by atoms with E-state index in [0.717, 1.165) is 30.2 Å². The molecule has 6 nitrogen and oxygen atoms in total. The first-order chi connectivity index (χ1) is 17.0. The first kappa shape index (κ1) is 25.6. The number of aromatic nitrogens is 3. The molecule has 1 aromatic carbocycles. The molecule has 0 fully saturated rings. The summed E-state index contributed by atoms with van der Waals surface area (Å²) in [5.74, 6) is 0.635. The van der Waals surface area contributed by atoms with Crippen LogP contribution in [0.4, 0.5) is 5.69 Å². The lowest BCUT2D eigenvalue weighted by molar-refractivity contribution is 0.358. The maximum absolute atomic E-state index is 13.2. The average molecular weight is 484 g/mol. The SMILES string of the molecule is Cc1c(C#N)c(=O)n2c(CCCCCC(C)(C)C)nnc2c1=CC=C1N(C)c2ccccc2C1(C)C. The van der Waals surface area contributed by atoms with Gasteiger partial charge in [-0.3, -0.25) is 4.79 Å². The molecular weight excluding hydrogens is 446 g/mol. The second kappa shape index (κ2) is 9.54. The first-order valence-electron chi connectivity index (χ1n) is 12.8. The maximum Gasteiger partial charge on any atom is 0.276 e. The molecule has 0 aliphatic carbocycles. The van der Waals surface area contributed by atoms with Crippen molar-refractivity contribution in [2.24, 2.45) is 5.41 Å². The monoisotopic (exact) mass is 483 g/mol. The molecule has 2 aromatic heterocycles. The van der Waals surface area contributed by atoms with Crippen molar-refractivity contribution < 1.29 is 0 Å². The number of para-hydroxylation sites is 1. The molecule has 188 valence electrons. The lowest BCUT2D eigenvalue weighted by Crippen LogP contribution is -2.28. The van der Waals surface area contributed by atoms with Gasteiger partial charge in [0.1, 0.15) is 17.5 Å². The molecule has 3 aromatic rings. The largest absolute Gasteiger partial charge is 0.347 e. The highest BCUT2D eigenvalue weighted by atomic mass is 16.1. The van der Waals surface area contributed by atoms with Gasteiger partial charge in [-0.2, -0.15) is 5.26 Å². The van der Waals surface area contributed by atoms with Gasteiger partial charge in [-0.15, -0.1) is 10.2 Å². The van der Waals surface area contributed by atoms with Gasteiger partial charge in [-0.05, 0) is 54.5 Å². The smallest absolute Gasteiger partial charge is 0.276 e. The molecule has 0 amide bonds. The van der Waals surface area contributed by atoms with E-state index in [1.807, 2.05) is 13.0 Å². The number of rotatable bonds is 6. The summed E-state index contributed by atoms with van der Waals surface area (Å²) >= 11 is 0. The van der Waals surface area contributed by atoms with Crippen LogP contribution < -0.4 is 15.7 Å². The lowest BCUT2D eigenvalue weighted by Gasteiger charge is -2.23. The number of anilines is 1. The number of nitriles is 1. The fourth-order valence-corrected chi connectivity index (χ4v) is 5.35. The predicted octanol–water partition coefficient (Wildman–Crippen LogP) is 5.23. The highest BCUT2D eigenvalue weighted by molar-refractivity contribution is 5.72. The van der Waals surface area contributed by atoms with Gasteiger partial charge in [-0.25, -0.2) is 4.40 Å². The molecule has 1 aliphatic heterocycles. The quantitative estimate of drug-likeness (QED) is 0.449. The minimum atomic E-state index is -0.324. The Hall–Kier alpha value is -3.46. The van der Waals surface area contributed by atoms with Gasteiger partial charge in [0, 0.05) is 35.5 Å². The zero-order valence-corrected chi connectivity index (χ0v) is 22.6. The van der Waals surface area contributed by atoms with E-state index in [1.165, 1.54) is 17.7 Å². The molecule has 0 unspecified atom stereocenters. The van der Waals surface area contributed by atoms with Crippen LogP contribution >= 0.6 is 0 Å². The summed E-state index contributed by atoms with van der Waals surface area (Å²) in [6, 6.07) is 10.6. The van der Waals surface area contributed by atoms with Crippen molar-refractivity contribution in [3.63, 3.8) is 0 Å². The number of likely N-dealkylation sites (N-methyl/N-ethyl adjacent to an activating group) is 1. The van der Waals surface area contributed by atoms with Crippen molar-refractivity contribution in [1.29, 1.82) is 5.26 Å². The summed E-state index contributed by atoms with van der Waals surface area (Å²) in [5.41, 5.74) is 4.76. The Morgan fingerprint density at radius 2 is 1.81 bits per heavy atom. The molecule has 0 saturated carbocycles. The van der Waals surface area contributed by atoms with Crippen LogP contribution in [-0.4, -0.2) is 21.6 Å². The highest BCUT2D eigenvalue weighted by Gasteiger charge is 2.37. The van der Waals surface area contributed by atoms with Gasteiger partial charge in [0.15, 0.2) is 5.65 Å². The van der Waals surface area contributed by atoms with Crippen molar-refractivity contribution in [3.8, 4) is 6.07 Å². The van der Waals surface area contributed by atoms with Crippen molar-refractivity contribution in [3.05, 3.63) is 74.1 Å². The summed E-state index contributed by atoms with van der Waals surface area (Å²) in [5, 5.41) is 19.4. The Balaban J connectivity index is 1.75. The number of aryl methyl sites for hydroxylation is 1. The van der Waals surface area contributed by atoms with Crippen LogP contribution in [0.2, 0.25) is 0 Å². The zero-order chi connectivity index (χ0) is 26.3. The average Bonchev–Trinajstić information content (AvgIpc) is 3.31. The Kier molecular flexibility index (Phi) is 6.79. The number of fused-ring (bicyclic) bond motifs is 2. The second-order valence-corrected chi connectivity index (χ2v) is 11.6. The molecule has 36 heavy (non-hydrogen) atoms. The van der Waals surface area contributed by atoms with Crippen molar-refractivity contribution in [1.82, 2.24) is 14.6 Å². The molecule has 0 atom stereocenters. The third-order valence-corrected chi connectivity index (χ3v) is 7.45. The number of allylic oxidation sites excluding steroid dienone is 2. The van der Waals surface area contributed by atoms with Gasteiger partial charge in [-0.1, -0.05) is 65.7 Å². The van der Waals surface area contributed by atoms with E-state index in [4.69, 9.17) is 0 Å². The van der Waals surface area contributed by atoms with Crippen LogP contribution in [0.5, 0.6) is 0 Å². The van der Waals surface area contributed by atoms with Crippen molar-refractivity contribution in [2.45, 2.75) is 79.1 Å². The second-order valence-electron chi connectivity index (χ2n) is 11.6. The number of nitrogens with zero attached hydrogens (tertiary/aromatic N) is 5. The molecule has 0 spiro atoms. The van der Waals surface area contributed by atoms with Gasteiger partial charge in [0.05, 0.1) is 0 Å². The number of pyridine rings is 1. The predicted molar refractivity (Wildman–Crippen MR) is 146 cm³/mol. The third-order valence-electron chi connectivity index (χ3n) is 7.45. The van der Waals surface area contributed by atoms with Gasteiger partial charge in [0.2, 0.25) is 0 Å². The van der Waals surface area contributed by atoms with E-state index in [9.17, 15) is 10.1 Å². The maximum atomic E-state index is 13.2. The van der Waals surface area contributed by atoms with Crippen LogP contribution in [0, 0.1) is 23.7 Å². The topological polar surface area (TPSA) is 74.3 Å². The minimum absolute atomic E-state index is 0.156. The molecule has 0 saturated heterocycles. The summed E-state index contributed by atoms with van der Waals surface area (Å²) in [7, 11) is 2.08. The standard InChI is InChI=1S/C30H37N5O/c1-20-21(16-17-25-30(5,6)23-13-10-11-14-24(23)34(25)7)27-33-32-26(35(27)28(36)22(20)19-31)15-9-8-12-18-29(2,3)4/h10-11,13-14,16-17H,8-9,12,15,18H2,1-7H3. The summed E-state index contributed by atoms with van der Waals surface area (Å²) in [4.78, 5) is 15.4. The summed E-state index contributed by atoms with van der Waals surface area (Å²) in [6.45, 7) is 13.0. The minimum Gasteiger partial charge on any atom is -0.347 e. The Morgan fingerprint density at radius 3 is 2.47 bits per heavy atom. The van der Waals surface area contributed by atoms with Crippen molar-refractivity contribution >= 4 is 17.4 Å². The van der Waals surface area contributed by atoms with Gasteiger partial charge < -0.3 is 4.90 Å². The molecule has 3 heterocycles. The number of hydrogen-bond acceptors (Lipinski definition) is 5. The van der Waals surface area contributed by atoms with Crippen LogP contribution in [-0.2, 0) is 11.8 Å². The zero-order valence-electron chi connectivity index (χ0n) is 22.6. The Bertz CT molecular complexity index is 1480. The Morgan fingerprint density at radius 1 is 1.08 bits per heavy atom. The fourth-order valence-electron chi connectivity index (χ4n) is 5.35. The Labute approximate surface area is 214 Å². The molecule has 1 aliphatic rings. The van der Waals surface area contributed by atoms with Crippen LogP contribution in [0.25, 0.3) is 11.7 Å². The van der Waals surface area contributed by atoms with Crippen molar-refractivity contribution in [2.75, 3.05) is 11.9 Å². The number of benzene rings is 1. The van der Waals surface area contributed by atoms with E-state index >= 15 is 0 Å². The van der Waals surface area contributed by atoms with E-state index < -0.39 is 0 Å². The molecule has 0 radical (unpaired) electrons. The summed E-state index contributed by atoms with van der Waals surface area (Å²) < 4.78 is 1.55. The highest BCUT2D eigenvalue weighted by Crippen LogP contribution is 2.46. The van der Waals surface area contributed by atoms with Crippen LogP contribution in [0.15, 0.2) is 40.8 Å². The van der Waals surface area contributed by atoms with Crippen LogP contribution in [0.3, 0.4) is 0 Å².